The first kappa shape index (κ1) is 17.0. The molecule has 0 saturated carbocycles. The summed E-state index contributed by atoms with van der Waals surface area (Å²) in [6, 6.07) is 3.92. The van der Waals surface area contributed by atoms with Gasteiger partial charge in [-0.1, -0.05) is 11.3 Å². The number of rotatable bonds is 3. The first-order valence-electron chi connectivity index (χ1n) is 9.16. The number of imidazole rings is 1. The van der Waals surface area contributed by atoms with Gasteiger partial charge in [0.1, 0.15) is 0 Å². The summed E-state index contributed by atoms with van der Waals surface area (Å²) in [6.07, 6.45) is 5.54. The number of anilines is 3. The Morgan fingerprint density at radius 1 is 1.11 bits per heavy atom. The SMILES string of the molecule is Cc1nn(C)c(N2CCN(c3nn4cc(-c5cccnc5)nc4s3)CC2)c1N. The Labute approximate surface area is 166 Å². The topological polar surface area (TPSA) is 93.4 Å². The second-order valence-electron chi connectivity index (χ2n) is 6.90. The Bertz CT molecular complexity index is 1090. The van der Waals surface area contributed by atoms with Crippen LogP contribution >= 0.6 is 11.3 Å². The zero-order valence-electron chi connectivity index (χ0n) is 15.8. The molecular formula is C18H21N9S. The van der Waals surface area contributed by atoms with Gasteiger partial charge in [-0.25, -0.2) is 9.50 Å². The van der Waals surface area contributed by atoms with Crippen molar-refractivity contribution in [3.63, 3.8) is 0 Å². The maximum Gasteiger partial charge on any atom is 0.214 e. The molecule has 0 unspecified atom stereocenters. The molecule has 0 spiro atoms. The number of nitrogens with two attached hydrogens (primary N) is 1. The maximum absolute atomic E-state index is 6.21. The van der Waals surface area contributed by atoms with E-state index in [9.17, 15) is 0 Å². The van der Waals surface area contributed by atoms with Gasteiger partial charge < -0.3 is 15.5 Å². The average molecular weight is 395 g/mol. The number of hydrogen-bond acceptors (Lipinski definition) is 8. The molecule has 0 atom stereocenters. The number of aromatic nitrogens is 6. The zero-order valence-corrected chi connectivity index (χ0v) is 16.6. The van der Waals surface area contributed by atoms with Crippen LogP contribution in [0.2, 0.25) is 0 Å². The fourth-order valence-corrected chi connectivity index (χ4v) is 4.55. The fraction of sp³-hybridized carbons (Fsp3) is 0.333. The second kappa shape index (κ2) is 6.48. The standard InChI is InChI=1S/C18H21N9S/c1-12-15(19)16(24(2)22-12)25-6-8-26(9-7-25)18-23-27-11-14(21-17(27)28-18)13-4-3-5-20-10-13/h3-5,10-11H,6-9,19H2,1-2H3. The van der Waals surface area contributed by atoms with E-state index in [0.29, 0.717) is 0 Å². The van der Waals surface area contributed by atoms with Crippen LogP contribution in [0.5, 0.6) is 0 Å². The summed E-state index contributed by atoms with van der Waals surface area (Å²) >= 11 is 1.61. The summed E-state index contributed by atoms with van der Waals surface area (Å²) in [5, 5.41) is 10.2. The van der Waals surface area contributed by atoms with Gasteiger partial charge >= 0.3 is 0 Å². The van der Waals surface area contributed by atoms with Gasteiger partial charge in [0, 0.05) is 51.2 Å². The first-order valence-corrected chi connectivity index (χ1v) is 9.97. The predicted molar refractivity (Wildman–Crippen MR) is 111 cm³/mol. The van der Waals surface area contributed by atoms with E-state index in [0.717, 1.165) is 64.7 Å². The minimum atomic E-state index is 0.770. The summed E-state index contributed by atoms with van der Waals surface area (Å²) in [4.78, 5) is 14.4. The van der Waals surface area contributed by atoms with Crippen molar-refractivity contribution < 1.29 is 0 Å². The quantitative estimate of drug-likeness (QED) is 0.565. The molecular weight excluding hydrogens is 374 g/mol. The van der Waals surface area contributed by atoms with Crippen LogP contribution in [0, 0.1) is 6.92 Å². The minimum Gasteiger partial charge on any atom is -0.394 e. The minimum absolute atomic E-state index is 0.770. The predicted octanol–water partition coefficient (Wildman–Crippen LogP) is 1.80. The van der Waals surface area contributed by atoms with E-state index in [2.05, 4.69) is 19.9 Å². The lowest BCUT2D eigenvalue weighted by Crippen LogP contribution is -2.47. The number of nitrogen functional groups attached to an aromatic ring is 1. The molecule has 0 radical (unpaired) electrons. The van der Waals surface area contributed by atoms with E-state index in [1.165, 1.54) is 0 Å². The number of aryl methyl sites for hydroxylation is 2. The average Bonchev–Trinajstić information content (AvgIpc) is 3.35. The van der Waals surface area contributed by atoms with Gasteiger partial charge in [0.25, 0.3) is 0 Å². The van der Waals surface area contributed by atoms with E-state index < -0.39 is 0 Å². The third-order valence-electron chi connectivity index (χ3n) is 5.08. The Hall–Kier alpha value is -3.14. The van der Waals surface area contributed by atoms with E-state index in [1.54, 1.807) is 17.5 Å². The van der Waals surface area contributed by atoms with Crippen LogP contribution in [0.4, 0.5) is 16.6 Å². The van der Waals surface area contributed by atoms with Gasteiger partial charge in [0.2, 0.25) is 10.1 Å². The van der Waals surface area contributed by atoms with Gasteiger partial charge in [-0.05, 0) is 19.1 Å². The lowest BCUT2D eigenvalue weighted by molar-refractivity contribution is 0.621. The molecule has 9 nitrogen and oxygen atoms in total. The summed E-state index contributed by atoms with van der Waals surface area (Å²) in [7, 11) is 1.95. The summed E-state index contributed by atoms with van der Waals surface area (Å²) in [5.74, 6) is 1.01. The zero-order chi connectivity index (χ0) is 19.3. The molecule has 1 fully saturated rings. The lowest BCUT2D eigenvalue weighted by Gasteiger charge is -2.35. The van der Waals surface area contributed by atoms with Crippen molar-refractivity contribution in [1.29, 1.82) is 0 Å². The van der Waals surface area contributed by atoms with E-state index in [-0.39, 0.29) is 0 Å². The molecule has 5 heterocycles. The normalized spacial score (nSPS) is 14.9. The highest BCUT2D eigenvalue weighted by Crippen LogP contribution is 2.30. The molecule has 1 aliphatic heterocycles. The van der Waals surface area contributed by atoms with Crippen LogP contribution in [0.1, 0.15) is 5.69 Å². The third-order valence-corrected chi connectivity index (χ3v) is 6.06. The Morgan fingerprint density at radius 3 is 2.54 bits per heavy atom. The van der Waals surface area contributed by atoms with Crippen molar-refractivity contribution >= 4 is 32.9 Å². The number of pyridine rings is 1. The number of nitrogens with zero attached hydrogens (tertiary/aromatic N) is 8. The van der Waals surface area contributed by atoms with Crippen molar-refractivity contribution in [3.05, 3.63) is 36.4 Å². The fourth-order valence-electron chi connectivity index (χ4n) is 3.62. The van der Waals surface area contributed by atoms with Crippen molar-refractivity contribution in [2.24, 2.45) is 7.05 Å². The van der Waals surface area contributed by atoms with Gasteiger partial charge in [0.15, 0.2) is 5.82 Å². The molecule has 0 aliphatic carbocycles. The Balaban J connectivity index is 1.32. The van der Waals surface area contributed by atoms with Crippen LogP contribution in [-0.4, -0.2) is 55.5 Å². The lowest BCUT2D eigenvalue weighted by atomic mass is 10.2. The number of piperazine rings is 1. The number of hydrogen-bond donors (Lipinski definition) is 1. The van der Waals surface area contributed by atoms with Gasteiger partial charge in [-0.2, -0.15) is 5.10 Å². The highest BCUT2D eigenvalue weighted by molar-refractivity contribution is 7.20. The monoisotopic (exact) mass is 395 g/mol. The van der Waals surface area contributed by atoms with Crippen LogP contribution in [0.25, 0.3) is 16.2 Å². The van der Waals surface area contributed by atoms with Crippen molar-refractivity contribution in [2.45, 2.75) is 6.92 Å². The molecule has 0 aromatic carbocycles. The molecule has 0 bridgehead atoms. The van der Waals surface area contributed by atoms with Crippen molar-refractivity contribution in [2.75, 3.05) is 41.7 Å². The molecule has 5 rings (SSSR count). The van der Waals surface area contributed by atoms with Crippen LogP contribution < -0.4 is 15.5 Å². The summed E-state index contributed by atoms with van der Waals surface area (Å²) in [6.45, 7) is 5.48. The molecule has 1 aliphatic rings. The third kappa shape index (κ3) is 2.76. The van der Waals surface area contributed by atoms with Crippen LogP contribution in [0.3, 0.4) is 0 Å². The largest absolute Gasteiger partial charge is 0.394 e. The summed E-state index contributed by atoms with van der Waals surface area (Å²) in [5.41, 5.74) is 9.76. The van der Waals surface area contributed by atoms with E-state index in [4.69, 9.17) is 15.8 Å². The molecule has 10 heteroatoms. The van der Waals surface area contributed by atoms with E-state index in [1.807, 2.05) is 47.7 Å². The summed E-state index contributed by atoms with van der Waals surface area (Å²) < 4.78 is 3.73. The van der Waals surface area contributed by atoms with Gasteiger partial charge in [0.05, 0.1) is 23.3 Å². The smallest absolute Gasteiger partial charge is 0.214 e. The molecule has 0 amide bonds. The van der Waals surface area contributed by atoms with Gasteiger partial charge in [-0.15, -0.1) is 5.10 Å². The molecule has 144 valence electrons. The molecule has 4 aromatic heterocycles. The van der Waals surface area contributed by atoms with Crippen molar-refractivity contribution in [1.82, 2.24) is 29.4 Å². The molecule has 1 saturated heterocycles. The Morgan fingerprint density at radius 2 is 1.89 bits per heavy atom. The van der Waals surface area contributed by atoms with E-state index >= 15 is 0 Å². The molecule has 28 heavy (non-hydrogen) atoms. The van der Waals surface area contributed by atoms with Gasteiger partial charge in [-0.3, -0.25) is 9.67 Å². The molecule has 2 N–H and O–H groups in total. The Kier molecular flexibility index (Phi) is 3.93. The van der Waals surface area contributed by atoms with Crippen LogP contribution in [-0.2, 0) is 7.05 Å². The second-order valence-corrected chi connectivity index (χ2v) is 7.83. The van der Waals surface area contributed by atoms with Crippen LogP contribution in [0.15, 0.2) is 30.7 Å². The van der Waals surface area contributed by atoms with Crippen molar-refractivity contribution in [3.8, 4) is 11.3 Å². The first-order chi connectivity index (χ1) is 13.6. The highest BCUT2D eigenvalue weighted by Gasteiger charge is 2.24. The maximum atomic E-state index is 6.21. The molecule has 4 aromatic rings. The highest BCUT2D eigenvalue weighted by atomic mass is 32.1. The number of fused-ring (bicyclic) bond motifs is 1.